The maximum Gasteiger partial charge on any atom is 0.205 e. The Balaban J connectivity index is 1.61. The molecule has 0 saturated carbocycles. The van der Waals surface area contributed by atoms with E-state index in [0.29, 0.717) is 21.6 Å². The van der Waals surface area contributed by atoms with Gasteiger partial charge in [0.05, 0.1) is 18.3 Å². The first kappa shape index (κ1) is 15.7. The molecule has 0 aliphatic carbocycles. The van der Waals surface area contributed by atoms with Crippen LogP contribution in [0.4, 0.5) is 0 Å². The van der Waals surface area contributed by atoms with Gasteiger partial charge in [-0.1, -0.05) is 29.0 Å². The third-order valence-corrected chi connectivity index (χ3v) is 5.48. The van der Waals surface area contributed by atoms with E-state index in [-0.39, 0.29) is 11.8 Å². The molecule has 0 bridgehead atoms. The standard InChI is InChI=1S/C16H16ClN5OS/c17-15-14(11-7-19-22-5-2-1-3-12(11)22)20-16(24-15)13(23)9-21-6-4-10(18)8-21/h1-3,5,7,10H,4,6,8-9,18H2. The van der Waals surface area contributed by atoms with Crippen molar-refractivity contribution in [2.75, 3.05) is 19.6 Å². The lowest BCUT2D eigenvalue weighted by Gasteiger charge is -2.12. The van der Waals surface area contributed by atoms with Crippen LogP contribution in [0.5, 0.6) is 0 Å². The average molecular weight is 362 g/mol. The van der Waals surface area contributed by atoms with Crippen molar-refractivity contribution < 1.29 is 4.79 Å². The zero-order chi connectivity index (χ0) is 16.7. The number of nitrogens with zero attached hydrogens (tertiary/aromatic N) is 4. The number of halogens is 1. The second kappa shape index (κ2) is 6.25. The number of hydrogen-bond donors (Lipinski definition) is 1. The number of carbonyl (C=O) groups excluding carboxylic acids is 1. The van der Waals surface area contributed by atoms with Gasteiger partial charge in [0.25, 0.3) is 0 Å². The number of hydrogen-bond acceptors (Lipinski definition) is 6. The van der Waals surface area contributed by atoms with E-state index in [1.807, 2.05) is 24.4 Å². The quantitative estimate of drug-likeness (QED) is 0.722. The van der Waals surface area contributed by atoms with E-state index in [4.69, 9.17) is 17.3 Å². The fourth-order valence-corrected chi connectivity index (χ4v) is 4.08. The molecule has 4 heterocycles. The van der Waals surface area contributed by atoms with E-state index in [0.717, 1.165) is 30.6 Å². The number of thiazole rings is 1. The summed E-state index contributed by atoms with van der Waals surface area (Å²) < 4.78 is 2.27. The summed E-state index contributed by atoms with van der Waals surface area (Å²) in [5, 5.41) is 4.73. The van der Waals surface area contributed by atoms with Crippen molar-refractivity contribution in [2.24, 2.45) is 5.73 Å². The highest BCUT2D eigenvalue weighted by atomic mass is 35.5. The molecule has 1 saturated heterocycles. The average Bonchev–Trinajstić information content (AvgIpc) is 3.26. The zero-order valence-corrected chi connectivity index (χ0v) is 14.4. The first-order valence-electron chi connectivity index (χ1n) is 7.72. The van der Waals surface area contributed by atoms with E-state index in [9.17, 15) is 4.79 Å². The van der Waals surface area contributed by atoms with Crippen LogP contribution in [0.3, 0.4) is 0 Å². The summed E-state index contributed by atoms with van der Waals surface area (Å²) in [5.41, 5.74) is 8.25. The van der Waals surface area contributed by atoms with Crippen molar-refractivity contribution in [1.82, 2.24) is 19.5 Å². The third-order valence-electron chi connectivity index (χ3n) is 4.18. The predicted molar refractivity (Wildman–Crippen MR) is 94.7 cm³/mol. The summed E-state index contributed by atoms with van der Waals surface area (Å²) in [7, 11) is 0. The number of ketones is 1. The molecule has 4 rings (SSSR count). The first-order valence-corrected chi connectivity index (χ1v) is 8.91. The van der Waals surface area contributed by atoms with Gasteiger partial charge in [0.1, 0.15) is 10.0 Å². The highest BCUT2D eigenvalue weighted by Crippen LogP contribution is 2.35. The van der Waals surface area contributed by atoms with Crippen molar-refractivity contribution >= 4 is 34.2 Å². The molecule has 1 atom stereocenters. The van der Waals surface area contributed by atoms with E-state index in [1.54, 1.807) is 10.7 Å². The van der Waals surface area contributed by atoms with Gasteiger partial charge in [-0.2, -0.15) is 5.10 Å². The van der Waals surface area contributed by atoms with Crippen molar-refractivity contribution in [3.63, 3.8) is 0 Å². The van der Waals surface area contributed by atoms with Gasteiger partial charge in [0.2, 0.25) is 5.78 Å². The smallest absolute Gasteiger partial charge is 0.205 e. The maximum absolute atomic E-state index is 12.5. The molecule has 0 amide bonds. The molecule has 2 N–H and O–H groups in total. The van der Waals surface area contributed by atoms with Crippen molar-refractivity contribution in [1.29, 1.82) is 0 Å². The summed E-state index contributed by atoms with van der Waals surface area (Å²) in [6.45, 7) is 1.95. The molecule has 0 radical (unpaired) electrons. The Morgan fingerprint density at radius 2 is 2.33 bits per heavy atom. The number of carbonyl (C=O) groups is 1. The number of likely N-dealkylation sites (tertiary alicyclic amines) is 1. The number of rotatable bonds is 4. The molecule has 24 heavy (non-hydrogen) atoms. The van der Waals surface area contributed by atoms with Crippen molar-refractivity contribution in [2.45, 2.75) is 12.5 Å². The molecule has 1 aliphatic heterocycles. The number of aromatic nitrogens is 3. The Kier molecular flexibility index (Phi) is 4.09. The monoisotopic (exact) mass is 361 g/mol. The summed E-state index contributed by atoms with van der Waals surface area (Å²) >= 11 is 7.58. The minimum absolute atomic E-state index is 0.0151. The van der Waals surface area contributed by atoms with Gasteiger partial charge in [-0.15, -0.1) is 0 Å². The second-order valence-corrected chi connectivity index (χ2v) is 7.54. The van der Waals surface area contributed by atoms with Gasteiger partial charge in [-0.3, -0.25) is 9.69 Å². The molecule has 6 nitrogen and oxygen atoms in total. The molecule has 1 unspecified atom stereocenters. The van der Waals surface area contributed by atoms with E-state index in [1.165, 1.54) is 11.3 Å². The van der Waals surface area contributed by atoms with E-state index < -0.39 is 0 Å². The Morgan fingerprint density at radius 1 is 1.46 bits per heavy atom. The fraction of sp³-hybridized carbons (Fsp3) is 0.312. The van der Waals surface area contributed by atoms with E-state index >= 15 is 0 Å². The topological polar surface area (TPSA) is 76.5 Å². The minimum atomic E-state index is -0.0151. The Hall–Kier alpha value is -1.80. The number of Topliss-reactive ketones (excluding diaryl/α,β-unsaturated/α-hetero) is 1. The number of pyridine rings is 1. The van der Waals surface area contributed by atoms with Gasteiger partial charge >= 0.3 is 0 Å². The van der Waals surface area contributed by atoms with Crippen LogP contribution in [0.25, 0.3) is 16.8 Å². The van der Waals surface area contributed by atoms with Crippen LogP contribution >= 0.6 is 22.9 Å². The highest BCUT2D eigenvalue weighted by molar-refractivity contribution is 7.18. The summed E-state index contributed by atoms with van der Waals surface area (Å²) in [6.07, 6.45) is 4.52. The van der Waals surface area contributed by atoms with Crippen LogP contribution in [-0.4, -0.2) is 51.0 Å². The van der Waals surface area contributed by atoms with Crippen LogP contribution in [0.15, 0.2) is 30.6 Å². The number of fused-ring (bicyclic) bond motifs is 1. The van der Waals surface area contributed by atoms with Crippen molar-refractivity contribution in [3.05, 3.63) is 39.9 Å². The van der Waals surface area contributed by atoms with Crippen LogP contribution in [0.1, 0.15) is 16.2 Å². The van der Waals surface area contributed by atoms with Crippen LogP contribution in [0.2, 0.25) is 4.34 Å². The molecule has 3 aromatic rings. The highest BCUT2D eigenvalue weighted by Gasteiger charge is 2.24. The van der Waals surface area contributed by atoms with Crippen LogP contribution in [-0.2, 0) is 0 Å². The van der Waals surface area contributed by atoms with Gasteiger partial charge in [-0.05, 0) is 18.6 Å². The van der Waals surface area contributed by atoms with Gasteiger partial charge in [0, 0.05) is 30.9 Å². The Morgan fingerprint density at radius 3 is 3.12 bits per heavy atom. The first-order chi connectivity index (χ1) is 11.6. The summed E-state index contributed by atoms with van der Waals surface area (Å²) in [4.78, 5) is 19.0. The zero-order valence-electron chi connectivity index (χ0n) is 12.9. The lowest BCUT2D eigenvalue weighted by molar-refractivity contribution is 0.0944. The normalized spacial score (nSPS) is 18.5. The molecular weight excluding hydrogens is 346 g/mol. The third kappa shape index (κ3) is 2.84. The Labute approximate surface area is 147 Å². The van der Waals surface area contributed by atoms with Crippen molar-refractivity contribution in [3.8, 4) is 11.3 Å². The summed E-state index contributed by atoms with van der Waals surface area (Å²) in [6, 6.07) is 5.95. The molecule has 8 heteroatoms. The molecule has 0 aromatic carbocycles. The summed E-state index contributed by atoms with van der Waals surface area (Å²) in [5.74, 6) is -0.0151. The molecule has 1 fully saturated rings. The molecule has 0 spiro atoms. The second-order valence-electron chi connectivity index (χ2n) is 5.94. The minimum Gasteiger partial charge on any atom is -0.326 e. The molecular formula is C16H16ClN5OS. The van der Waals surface area contributed by atoms with Gasteiger partial charge in [-0.25, -0.2) is 9.50 Å². The lowest BCUT2D eigenvalue weighted by Crippen LogP contribution is -2.31. The van der Waals surface area contributed by atoms with Gasteiger partial charge in [0.15, 0.2) is 5.01 Å². The molecule has 1 aliphatic rings. The fourth-order valence-electron chi connectivity index (χ4n) is 2.98. The number of nitrogens with two attached hydrogens (primary N) is 1. The maximum atomic E-state index is 12.5. The SMILES string of the molecule is NC1CCN(CC(=O)c2nc(-c3cnn4ccccc34)c(Cl)s2)C1. The molecule has 3 aromatic heterocycles. The van der Waals surface area contributed by atoms with E-state index in [2.05, 4.69) is 15.0 Å². The largest absolute Gasteiger partial charge is 0.326 e. The molecule has 124 valence electrons. The van der Waals surface area contributed by atoms with Crippen LogP contribution in [0, 0.1) is 0 Å². The predicted octanol–water partition coefficient (Wildman–Crippen LogP) is 2.33. The lowest BCUT2D eigenvalue weighted by atomic mass is 10.2. The Bertz CT molecular complexity index is 905. The van der Waals surface area contributed by atoms with Crippen LogP contribution < -0.4 is 5.73 Å². The van der Waals surface area contributed by atoms with Gasteiger partial charge < -0.3 is 5.73 Å².